The summed E-state index contributed by atoms with van der Waals surface area (Å²) in [7, 11) is -3.80. The second kappa shape index (κ2) is 7.75. The number of carbonyl (C=O) groups is 1. The van der Waals surface area contributed by atoms with Gasteiger partial charge in [-0.3, -0.25) is 0 Å². The number of thioether (sulfide) groups is 1. The van der Waals surface area contributed by atoms with Crippen LogP contribution < -0.4 is 5.14 Å². The highest BCUT2D eigenvalue weighted by atomic mass is 32.2. The van der Waals surface area contributed by atoms with Gasteiger partial charge in [-0.2, -0.15) is 0 Å². The molecular weight excluding hydrogens is 390 g/mol. The molecule has 8 nitrogen and oxygen atoms in total. The van der Waals surface area contributed by atoms with E-state index in [4.69, 9.17) is 14.3 Å². The Morgan fingerprint density at radius 2 is 2.11 bits per heavy atom. The molecule has 0 saturated carbocycles. The minimum Gasteiger partial charge on any atom is -0.468 e. The number of furan rings is 1. The van der Waals surface area contributed by atoms with E-state index < -0.39 is 16.0 Å². The molecule has 144 valence electrons. The molecule has 0 aliphatic rings. The van der Waals surface area contributed by atoms with E-state index in [1.54, 1.807) is 19.1 Å². The zero-order chi connectivity index (χ0) is 19.6. The zero-order valence-electron chi connectivity index (χ0n) is 14.8. The molecule has 3 rings (SSSR count). The van der Waals surface area contributed by atoms with Crippen molar-refractivity contribution in [1.29, 1.82) is 0 Å². The molecule has 2 aromatic heterocycles. The summed E-state index contributed by atoms with van der Waals surface area (Å²) in [6.07, 6.45) is 1.45. The standard InChI is InChI=1S/C17H19N3O5S2/c1-3-20-14-6-5-11(27(18,22)23)9-13(14)19-17(20)26-10-15-12(7-8-25-15)16(21)24-4-2/h5-9H,3-4,10H2,1-2H3,(H2,18,22,23). The molecular formula is C17H19N3O5S2. The molecule has 1 aromatic carbocycles. The Bertz CT molecular complexity index is 1090. The number of fused-ring (bicyclic) bond motifs is 1. The Kier molecular flexibility index (Phi) is 5.59. The number of sulfonamides is 1. The van der Waals surface area contributed by atoms with Crippen LogP contribution in [0, 0.1) is 0 Å². The molecule has 0 fully saturated rings. The normalized spacial score (nSPS) is 11.8. The molecule has 0 radical (unpaired) electrons. The molecule has 0 aliphatic heterocycles. The molecule has 2 heterocycles. The van der Waals surface area contributed by atoms with Crippen molar-refractivity contribution in [1.82, 2.24) is 9.55 Å². The number of aromatic nitrogens is 2. The van der Waals surface area contributed by atoms with Gasteiger partial charge in [-0.1, -0.05) is 11.8 Å². The van der Waals surface area contributed by atoms with Crippen LogP contribution in [0.2, 0.25) is 0 Å². The molecule has 0 spiro atoms. The fraction of sp³-hybridized carbons (Fsp3) is 0.294. The number of esters is 1. The smallest absolute Gasteiger partial charge is 0.341 e. The third kappa shape index (κ3) is 4.02. The number of ether oxygens (including phenoxy) is 1. The Balaban J connectivity index is 1.89. The van der Waals surface area contributed by atoms with E-state index in [9.17, 15) is 13.2 Å². The van der Waals surface area contributed by atoms with Gasteiger partial charge in [-0.05, 0) is 38.1 Å². The van der Waals surface area contributed by atoms with Crippen LogP contribution in [0.5, 0.6) is 0 Å². The monoisotopic (exact) mass is 409 g/mol. The van der Waals surface area contributed by atoms with Gasteiger partial charge in [0.25, 0.3) is 0 Å². The number of benzene rings is 1. The lowest BCUT2D eigenvalue weighted by molar-refractivity contribution is 0.0524. The lowest BCUT2D eigenvalue weighted by Gasteiger charge is -2.06. The van der Waals surface area contributed by atoms with Gasteiger partial charge in [0.1, 0.15) is 11.3 Å². The van der Waals surface area contributed by atoms with E-state index in [0.29, 0.717) is 34.3 Å². The topological polar surface area (TPSA) is 117 Å². The quantitative estimate of drug-likeness (QED) is 0.471. The van der Waals surface area contributed by atoms with Crippen molar-refractivity contribution in [3.05, 3.63) is 41.9 Å². The Morgan fingerprint density at radius 3 is 2.78 bits per heavy atom. The zero-order valence-corrected chi connectivity index (χ0v) is 16.5. The number of hydrogen-bond acceptors (Lipinski definition) is 7. The van der Waals surface area contributed by atoms with E-state index in [-0.39, 0.29) is 11.5 Å². The van der Waals surface area contributed by atoms with Crippen LogP contribution in [-0.4, -0.2) is 30.5 Å². The highest BCUT2D eigenvalue weighted by Gasteiger charge is 2.18. The molecule has 0 bridgehead atoms. The fourth-order valence-electron chi connectivity index (χ4n) is 2.65. The van der Waals surface area contributed by atoms with Gasteiger partial charge >= 0.3 is 5.97 Å². The minimum atomic E-state index is -3.80. The van der Waals surface area contributed by atoms with Crippen LogP contribution >= 0.6 is 11.8 Å². The second-order valence-electron chi connectivity index (χ2n) is 5.60. The van der Waals surface area contributed by atoms with E-state index in [0.717, 1.165) is 5.52 Å². The summed E-state index contributed by atoms with van der Waals surface area (Å²) in [5.74, 6) is 0.453. The lowest BCUT2D eigenvalue weighted by atomic mass is 10.3. The van der Waals surface area contributed by atoms with Gasteiger partial charge < -0.3 is 13.7 Å². The number of nitrogens with two attached hydrogens (primary N) is 1. The Morgan fingerprint density at radius 1 is 1.33 bits per heavy atom. The fourth-order valence-corrected chi connectivity index (χ4v) is 4.22. The van der Waals surface area contributed by atoms with Crippen molar-refractivity contribution in [3.63, 3.8) is 0 Å². The van der Waals surface area contributed by atoms with Crippen molar-refractivity contribution in [2.24, 2.45) is 5.14 Å². The number of primary sulfonamides is 1. The maximum Gasteiger partial charge on any atom is 0.341 e. The van der Waals surface area contributed by atoms with Crippen LogP contribution in [0.4, 0.5) is 0 Å². The van der Waals surface area contributed by atoms with Crippen LogP contribution in [0.3, 0.4) is 0 Å². The first-order valence-corrected chi connectivity index (χ1v) is 10.8. The van der Waals surface area contributed by atoms with Crippen molar-refractivity contribution in [2.75, 3.05) is 6.61 Å². The third-order valence-electron chi connectivity index (χ3n) is 3.90. The summed E-state index contributed by atoms with van der Waals surface area (Å²) < 4.78 is 35.5. The first-order valence-electron chi connectivity index (χ1n) is 8.24. The number of imidazole rings is 1. The van der Waals surface area contributed by atoms with E-state index in [1.807, 2.05) is 11.5 Å². The molecule has 0 saturated heterocycles. The van der Waals surface area contributed by atoms with E-state index in [2.05, 4.69) is 4.98 Å². The van der Waals surface area contributed by atoms with Crippen LogP contribution in [0.1, 0.15) is 30.0 Å². The number of nitrogens with zero attached hydrogens (tertiary/aromatic N) is 2. The summed E-state index contributed by atoms with van der Waals surface area (Å²) in [6, 6.07) is 6.19. The molecule has 0 unspecified atom stereocenters. The van der Waals surface area contributed by atoms with Gasteiger partial charge in [-0.15, -0.1) is 0 Å². The van der Waals surface area contributed by atoms with Crippen molar-refractivity contribution >= 4 is 38.8 Å². The average Bonchev–Trinajstić information content (AvgIpc) is 3.22. The number of hydrogen-bond donors (Lipinski definition) is 1. The third-order valence-corrected chi connectivity index (χ3v) is 5.79. The SMILES string of the molecule is CCOC(=O)c1ccoc1CSc1nc2cc(S(N)(=O)=O)ccc2n1CC. The molecule has 3 aromatic rings. The first-order chi connectivity index (χ1) is 12.8. The Labute approximate surface area is 160 Å². The van der Waals surface area contributed by atoms with Crippen molar-refractivity contribution in [2.45, 2.75) is 36.2 Å². The van der Waals surface area contributed by atoms with Gasteiger partial charge in [0.2, 0.25) is 10.0 Å². The van der Waals surface area contributed by atoms with Gasteiger partial charge in [0.05, 0.1) is 34.6 Å². The van der Waals surface area contributed by atoms with Gasteiger partial charge in [-0.25, -0.2) is 23.3 Å². The molecule has 2 N–H and O–H groups in total. The molecule has 0 aliphatic carbocycles. The van der Waals surface area contributed by atoms with Gasteiger partial charge in [0.15, 0.2) is 5.16 Å². The van der Waals surface area contributed by atoms with Crippen molar-refractivity contribution in [3.8, 4) is 0 Å². The van der Waals surface area contributed by atoms with E-state index >= 15 is 0 Å². The number of rotatable bonds is 7. The summed E-state index contributed by atoms with van der Waals surface area (Å²) in [5, 5.41) is 5.88. The van der Waals surface area contributed by atoms with Crippen LogP contribution in [0.15, 0.2) is 45.0 Å². The van der Waals surface area contributed by atoms with Crippen LogP contribution in [0.25, 0.3) is 11.0 Å². The summed E-state index contributed by atoms with van der Waals surface area (Å²) >= 11 is 1.39. The van der Waals surface area contributed by atoms with Crippen molar-refractivity contribution < 1.29 is 22.4 Å². The maximum absolute atomic E-state index is 12.0. The molecule has 0 amide bonds. The number of aryl methyl sites for hydroxylation is 1. The number of carbonyl (C=O) groups excluding carboxylic acids is 1. The highest BCUT2D eigenvalue weighted by molar-refractivity contribution is 7.98. The van der Waals surface area contributed by atoms with E-state index in [1.165, 1.54) is 30.2 Å². The largest absolute Gasteiger partial charge is 0.468 e. The lowest BCUT2D eigenvalue weighted by Crippen LogP contribution is -2.11. The summed E-state index contributed by atoms with van der Waals surface area (Å²) in [6.45, 7) is 4.65. The molecule has 0 atom stereocenters. The summed E-state index contributed by atoms with van der Waals surface area (Å²) in [5.41, 5.74) is 1.73. The second-order valence-corrected chi connectivity index (χ2v) is 8.10. The van der Waals surface area contributed by atoms with Gasteiger partial charge in [0, 0.05) is 6.54 Å². The average molecular weight is 409 g/mol. The molecule has 10 heteroatoms. The molecule has 27 heavy (non-hydrogen) atoms. The van der Waals surface area contributed by atoms with Crippen LogP contribution in [-0.2, 0) is 27.1 Å². The predicted octanol–water partition coefficient (Wildman–Crippen LogP) is 2.77. The first kappa shape index (κ1) is 19.5. The Hall–Kier alpha value is -2.30. The maximum atomic E-state index is 12.0. The highest BCUT2D eigenvalue weighted by Crippen LogP contribution is 2.29. The minimum absolute atomic E-state index is 0.0166. The predicted molar refractivity (Wildman–Crippen MR) is 101 cm³/mol. The summed E-state index contributed by atoms with van der Waals surface area (Å²) in [4.78, 5) is 16.5.